The Morgan fingerprint density at radius 3 is 2.36 bits per heavy atom. The van der Waals surface area contributed by atoms with Crippen LogP contribution in [0.5, 0.6) is 0 Å². The second kappa shape index (κ2) is 9.08. The first-order chi connectivity index (χ1) is 15.6. The maximum atomic E-state index is 13.6. The number of para-hydroxylation sites is 1. The van der Waals surface area contributed by atoms with E-state index < -0.39 is 21.5 Å². The molecule has 2 aliphatic rings. The number of sulfonamides is 1. The van der Waals surface area contributed by atoms with Gasteiger partial charge in [0, 0.05) is 12.6 Å². The van der Waals surface area contributed by atoms with Crippen LogP contribution in [-0.4, -0.2) is 49.2 Å². The van der Waals surface area contributed by atoms with Gasteiger partial charge in [-0.3, -0.25) is 14.5 Å². The van der Waals surface area contributed by atoms with Crippen LogP contribution in [0.15, 0.2) is 53.4 Å². The molecule has 4 rings (SSSR count). The average molecular weight is 490 g/mol. The van der Waals surface area contributed by atoms with E-state index in [-0.39, 0.29) is 29.9 Å². The topological polar surface area (TPSA) is 86.8 Å². The van der Waals surface area contributed by atoms with E-state index in [1.807, 2.05) is 6.92 Å². The van der Waals surface area contributed by atoms with Crippen molar-refractivity contribution in [1.82, 2.24) is 9.62 Å². The van der Waals surface area contributed by atoms with Crippen molar-refractivity contribution in [1.29, 1.82) is 0 Å². The number of nitrogens with one attached hydrogen (secondary N) is 1. The highest BCUT2D eigenvalue weighted by atomic mass is 35.5. The summed E-state index contributed by atoms with van der Waals surface area (Å²) < 4.78 is 27.9. The molecule has 1 N–H and O–H groups in total. The van der Waals surface area contributed by atoms with Gasteiger partial charge in [0.1, 0.15) is 5.54 Å². The molecule has 2 amide bonds. The van der Waals surface area contributed by atoms with Crippen molar-refractivity contribution in [2.45, 2.75) is 56.0 Å². The Morgan fingerprint density at radius 2 is 1.73 bits per heavy atom. The first kappa shape index (κ1) is 23.7. The largest absolute Gasteiger partial charge is 0.351 e. The molecule has 1 aliphatic heterocycles. The van der Waals surface area contributed by atoms with Gasteiger partial charge in [0.05, 0.1) is 22.2 Å². The van der Waals surface area contributed by atoms with Gasteiger partial charge >= 0.3 is 0 Å². The van der Waals surface area contributed by atoms with Crippen LogP contribution in [0, 0.1) is 6.92 Å². The molecule has 0 bridgehead atoms. The van der Waals surface area contributed by atoms with E-state index in [4.69, 9.17) is 11.6 Å². The van der Waals surface area contributed by atoms with Gasteiger partial charge in [0.2, 0.25) is 21.8 Å². The fourth-order valence-electron chi connectivity index (χ4n) is 4.61. The molecule has 2 aromatic carbocycles. The van der Waals surface area contributed by atoms with Crippen LogP contribution in [0.25, 0.3) is 0 Å². The number of hydrogen-bond acceptors (Lipinski definition) is 4. The van der Waals surface area contributed by atoms with E-state index >= 15 is 0 Å². The van der Waals surface area contributed by atoms with Gasteiger partial charge in [-0.2, -0.15) is 4.31 Å². The van der Waals surface area contributed by atoms with Crippen LogP contribution >= 0.6 is 11.6 Å². The summed E-state index contributed by atoms with van der Waals surface area (Å²) in [7, 11) is -3.99. The number of piperazine rings is 1. The zero-order chi connectivity index (χ0) is 23.8. The number of rotatable bonds is 5. The molecule has 1 aliphatic carbocycles. The summed E-state index contributed by atoms with van der Waals surface area (Å²) in [4.78, 5) is 28.5. The summed E-state index contributed by atoms with van der Waals surface area (Å²) in [5.74, 6) is -0.888. The molecule has 0 aromatic heterocycles. The van der Waals surface area contributed by atoms with Crippen molar-refractivity contribution in [3.05, 3.63) is 59.1 Å². The van der Waals surface area contributed by atoms with E-state index in [2.05, 4.69) is 5.32 Å². The number of aryl methyl sites for hydroxylation is 1. The Bertz CT molecular complexity index is 1160. The maximum Gasteiger partial charge on any atom is 0.247 e. The van der Waals surface area contributed by atoms with Crippen LogP contribution in [-0.2, 0) is 19.6 Å². The summed E-state index contributed by atoms with van der Waals surface area (Å²) in [5.41, 5.74) is -0.157. The van der Waals surface area contributed by atoms with Crippen LogP contribution in [0.4, 0.5) is 5.69 Å². The molecule has 7 nitrogen and oxygen atoms in total. The van der Waals surface area contributed by atoms with Crippen molar-refractivity contribution >= 4 is 39.1 Å². The Balaban J connectivity index is 1.74. The fourth-order valence-corrected chi connectivity index (χ4v) is 6.31. The number of anilines is 1. The van der Waals surface area contributed by atoms with E-state index in [1.54, 1.807) is 43.3 Å². The van der Waals surface area contributed by atoms with E-state index in [9.17, 15) is 18.0 Å². The summed E-state index contributed by atoms with van der Waals surface area (Å²) in [6.45, 7) is 2.91. The highest BCUT2D eigenvalue weighted by Crippen LogP contribution is 2.36. The van der Waals surface area contributed by atoms with Gasteiger partial charge in [-0.25, -0.2) is 8.42 Å². The second-order valence-corrected chi connectivity index (χ2v) is 11.3. The second-order valence-electron chi connectivity index (χ2n) is 9.00. The van der Waals surface area contributed by atoms with E-state index in [0.29, 0.717) is 10.7 Å². The highest BCUT2D eigenvalue weighted by Gasteiger charge is 2.52. The van der Waals surface area contributed by atoms with Crippen molar-refractivity contribution in [2.75, 3.05) is 18.0 Å². The molecule has 1 saturated heterocycles. The third-order valence-corrected chi connectivity index (χ3v) is 8.60. The molecule has 0 spiro atoms. The molecule has 176 valence electrons. The molecular weight excluding hydrogens is 462 g/mol. The third kappa shape index (κ3) is 4.52. The smallest absolute Gasteiger partial charge is 0.247 e. The Morgan fingerprint density at radius 1 is 1.09 bits per heavy atom. The minimum Gasteiger partial charge on any atom is -0.351 e. The molecular formula is C24H28ClN3O4S. The summed E-state index contributed by atoms with van der Waals surface area (Å²) in [5, 5.41) is 3.37. The van der Waals surface area contributed by atoms with Gasteiger partial charge in [0.15, 0.2) is 0 Å². The van der Waals surface area contributed by atoms with Crippen molar-refractivity contribution in [3.63, 3.8) is 0 Å². The molecule has 1 heterocycles. The SMILES string of the molecule is Cc1ccc(S(=O)(=O)N2CC(=O)N(c3ccccc3Cl)C(C)(C(=O)NC3CCCC3)C2)cc1. The zero-order valence-corrected chi connectivity index (χ0v) is 20.3. The van der Waals surface area contributed by atoms with Crippen LogP contribution < -0.4 is 10.2 Å². The molecule has 1 atom stereocenters. The number of hydrogen-bond donors (Lipinski definition) is 1. The molecule has 1 unspecified atom stereocenters. The summed E-state index contributed by atoms with van der Waals surface area (Å²) in [6.07, 6.45) is 3.80. The number of nitrogens with zero attached hydrogens (tertiary/aromatic N) is 2. The molecule has 2 aromatic rings. The molecule has 1 saturated carbocycles. The minimum atomic E-state index is -3.99. The van der Waals surface area contributed by atoms with Gasteiger partial charge in [-0.1, -0.05) is 54.3 Å². The van der Waals surface area contributed by atoms with Crippen molar-refractivity contribution in [3.8, 4) is 0 Å². The predicted octanol–water partition coefficient (Wildman–Crippen LogP) is 3.50. The van der Waals surface area contributed by atoms with Crippen LogP contribution in [0.1, 0.15) is 38.2 Å². The quantitative estimate of drug-likeness (QED) is 0.696. The average Bonchev–Trinajstić information content (AvgIpc) is 3.28. The summed E-state index contributed by atoms with van der Waals surface area (Å²) in [6, 6.07) is 13.3. The van der Waals surface area contributed by atoms with Crippen molar-refractivity contribution in [2.24, 2.45) is 0 Å². The normalized spacial score (nSPS) is 22.5. The Hall–Kier alpha value is -2.42. The Labute approximate surface area is 199 Å². The highest BCUT2D eigenvalue weighted by molar-refractivity contribution is 7.89. The van der Waals surface area contributed by atoms with E-state index in [0.717, 1.165) is 35.6 Å². The zero-order valence-electron chi connectivity index (χ0n) is 18.8. The number of carbonyl (C=O) groups is 2. The lowest BCUT2D eigenvalue weighted by Gasteiger charge is -2.47. The standard InChI is InChI=1S/C24H28ClN3O4S/c1-17-11-13-19(14-12-17)33(31,32)27-15-22(29)28(21-10-6-5-9-20(21)25)24(2,16-27)23(30)26-18-7-3-4-8-18/h5-6,9-14,18H,3-4,7-8,15-16H2,1-2H3,(H,26,30). The monoisotopic (exact) mass is 489 g/mol. The van der Waals surface area contributed by atoms with Crippen LogP contribution in [0.2, 0.25) is 5.02 Å². The number of amides is 2. The lowest BCUT2D eigenvalue weighted by Crippen LogP contribution is -2.70. The predicted molar refractivity (Wildman–Crippen MR) is 128 cm³/mol. The fraction of sp³-hybridized carbons (Fsp3) is 0.417. The molecule has 33 heavy (non-hydrogen) atoms. The minimum absolute atomic E-state index is 0.0154. The van der Waals surface area contributed by atoms with E-state index in [1.165, 1.54) is 17.0 Å². The van der Waals surface area contributed by atoms with Gasteiger partial charge in [-0.05, 0) is 51.0 Å². The first-order valence-electron chi connectivity index (χ1n) is 11.1. The number of carbonyl (C=O) groups excluding carboxylic acids is 2. The molecule has 2 fully saturated rings. The Kier molecular flexibility index (Phi) is 6.53. The molecule has 0 radical (unpaired) electrons. The number of halogens is 1. The lowest BCUT2D eigenvalue weighted by atomic mass is 9.94. The lowest BCUT2D eigenvalue weighted by molar-refractivity contribution is -0.133. The molecule has 9 heteroatoms. The van der Waals surface area contributed by atoms with Crippen molar-refractivity contribution < 1.29 is 18.0 Å². The summed E-state index contributed by atoms with van der Waals surface area (Å²) >= 11 is 6.40. The third-order valence-electron chi connectivity index (χ3n) is 6.47. The maximum absolute atomic E-state index is 13.6. The first-order valence-corrected chi connectivity index (χ1v) is 12.9. The van der Waals surface area contributed by atoms with Gasteiger partial charge in [-0.15, -0.1) is 0 Å². The van der Waals surface area contributed by atoms with Crippen LogP contribution in [0.3, 0.4) is 0 Å². The number of benzene rings is 2. The van der Waals surface area contributed by atoms with Gasteiger partial charge in [0.25, 0.3) is 0 Å². The van der Waals surface area contributed by atoms with Gasteiger partial charge < -0.3 is 5.32 Å².